The first-order valence-corrected chi connectivity index (χ1v) is 12.4. The summed E-state index contributed by atoms with van der Waals surface area (Å²) in [6.07, 6.45) is 5.03. The minimum atomic E-state index is -0.730. The van der Waals surface area contributed by atoms with Gasteiger partial charge in [-0.1, -0.05) is 17.7 Å². The van der Waals surface area contributed by atoms with Crippen LogP contribution in [0.25, 0.3) is 23.0 Å². The predicted molar refractivity (Wildman–Crippen MR) is 143 cm³/mol. The van der Waals surface area contributed by atoms with Crippen molar-refractivity contribution in [1.82, 2.24) is 34.7 Å². The van der Waals surface area contributed by atoms with Crippen molar-refractivity contribution >= 4 is 23.5 Å². The molecule has 1 N–H and O–H groups in total. The molecule has 5 aromatic rings. The van der Waals surface area contributed by atoms with E-state index in [0.717, 1.165) is 11.3 Å². The van der Waals surface area contributed by atoms with Gasteiger partial charge in [-0.25, -0.2) is 9.36 Å². The van der Waals surface area contributed by atoms with Gasteiger partial charge in [-0.3, -0.25) is 9.59 Å². The number of aromatic nitrogens is 6. The number of hydrogen-bond acceptors (Lipinski definition) is 8. The predicted octanol–water partition coefficient (Wildman–Crippen LogP) is 2.70. The van der Waals surface area contributed by atoms with Crippen LogP contribution < -0.4 is 10.2 Å². The fourth-order valence-corrected chi connectivity index (χ4v) is 4.36. The summed E-state index contributed by atoms with van der Waals surface area (Å²) in [5, 5.41) is 20.0. The number of amides is 2. The highest BCUT2D eigenvalue weighted by Gasteiger charge is 2.28. The van der Waals surface area contributed by atoms with Crippen molar-refractivity contribution in [1.29, 1.82) is 0 Å². The van der Waals surface area contributed by atoms with Crippen LogP contribution in [0.2, 0.25) is 0 Å². The molecule has 0 bridgehead atoms. The smallest absolute Gasteiger partial charge is 0.315 e. The van der Waals surface area contributed by atoms with E-state index in [-0.39, 0.29) is 0 Å². The van der Waals surface area contributed by atoms with Crippen LogP contribution >= 0.6 is 0 Å². The molecule has 1 aliphatic rings. The topological polar surface area (TPSA) is 127 Å². The number of nitrogens with zero attached hydrogens (tertiary/aromatic N) is 8. The number of nitrogens with one attached hydrogen (secondary N) is 1. The summed E-state index contributed by atoms with van der Waals surface area (Å²) in [5.41, 5.74) is 2.38. The quantitative estimate of drug-likeness (QED) is 0.349. The van der Waals surface area contributed by atoms with Gasteiger partial charge >= 0.3 is 11.8 Å². The SMILES string of the molecule is Cc1ccc(-n2nc(-c3ccco3)cc2NC(=O)C(=O)N2CCN(c3ccc(-n4cccn4)nn3)CC2)cc1. The van der Waals surface area contributed by atoms with Crippen LogP contribution in [-0.4, -0.2) is 72.7 Å². The molecule has 1 saturated heterocycles. The van der Waals surface area contributed by atoms with E-state index in [1.54, 1.807) is 46.2 Å². The molecule has 196 valence electrons. The van der Waals surface area contributed by atoms with Crippen LogP contribution in [0.4, 0.5) is 11.6 Å². The van der Waals surface area contributed by atoms with Crippen molar-refractivity contribution in [2.24, 2.45) is 0 Å². The van der Waals surface area contributed by atoms with E-state index in [4.69, 9.17) is 4.42 Å². The van der Waals surface area contributed by atoms with Crippen molar-refractivity contribution in [3.63, 3.8) is 0 Å². The van der Waals surface area contributed by atoms with Gasteiger partial charge in [0.05, 0.1) is 12.0 Å². The highest BCUT2D eigenvalue weighted by molar-refractivity contribution is 6.39. The molecule has 1 aromatic carbocycles. The minimum absolute atomic E-state index is 0.370. The van der Waals surface area contributed by atoms with Crippen LogP contribution in [-0.2, 0) is 9.59 Å². The first-order chi connectivity index (χ1) is 19.0. The van der Waals surface area contributed by atoms with Crippen molar-refractivity contribution < 1.29 is 14.0 Å². The molecular formula is C27H25N9O3. The molecule has 39 heavy (non-hydrogen) atoms. The monoisotopic (exact) mass is 523 g/mol. The molecule has 12 nitrogen and oxygen atoms in total. The van der Waals surface area contributed by atoms with Crippen LogP contribution in [0, 0.1) is 6.92 Å². The van der Waals surface area contributed by atoms with Crippen molar-refractivity contribution in [3.05, 3.63) is 84.9 Å². The molecule has 0 atom stereocenters. The first kappa shape index (κ1) is 24.1. The molecule has 0 spiro atoms. The summed E-state index contributed by atoms with van der Waals surface area (Å²) < 4.78 is 8.70. The van der Waals surface area contributed by atoms with Gasteiger partial charge in [-0.05, 0) is 49.4 Å². The number of anilines is 2. The Hall–Kier alpha value is -5.26. The minimum Gasteiger partial charge on any atom is -0.463 e. The Morgan fingerprint density at radius 2 is 1.69 bits per heavy atom. The molecule has 6 rings (SSSR count). The molecule has 1 fully saturated rings. The average Bonchev–Trinajstić information content (AvgIpc) is 3.76. The normalized spacial score (nSPS) is 13.5. The zero-order valence-corrected chi connectivity index (χ0v) is 21.1. The fourth-order valence-electron chi connectivity index (χ4n) is 4.36. The second kappa shape index (κ2) is 10.2. The van der Waals surface area contributed by atoms with Crippen LogP contribution in [0.1, 0.15) is 5.56 Å². The van der Waals surface area contributed by atoms with Crippen molar-refractivity contribution in [3.8, 4) is 23.0 Å². The van der Waals surface area contributed by atoms with Gasteiger partial charge in [0, 0.05) is 44.6 Å². The average molecular weight is 524 g/mol. The van der Waals surface area contributed by atoms with Gasteiger partial charge < -0.3 is 19.5 Å². The number of carbonyl (C=O) groups excluding carboxylic acids is 2. The molecule has 0 radical (unpaired) electrons. The molecule has 1 aliphatic heterocycles. The Morgan fingerprint density at radius 3 is 2.36 bits per heavy atom. The zero-order chi connectivity index (χ0) is 26.8. The lowest BCUT2D eigenvalue weighted by molar-refractivity contribution is -0.143. The number of benzene rings is 1. The van der Waals surface area contributed by atoms with E-state index in [1.807, 2.05) is 54.3 Å². The maximum atomic E-state index is 13.1. The number of rotatable bonds is 5. The lowest BCUT2D eigenvalue weighted by Gasteiger charge is -2.34. The van der Waals surface area contributed by atoms with Gasteiger partial charge in [-0.2, -0.15) is 10.2 Å². The van der Waals surface area contributed by atoms with Crippen molar-refractivity contribution in [2.75, 3.05) is 36.4 Å². The zero-order valence-electron chi connectivity index (χ0n) is 21.1. The van der Waals surface area contributed by atoms with E-state index in [1.165, 1.54) is 4.90 Å². The lowest BCUT2D eigenvalue weighted by atomic mass is 10.2. The fraction of sp³-hybridized carbons (Fsp3) is 0.185. The second-order valence-corrected chi connectivity index (χ2v) is 9.07. The van der Waals surface area contributed by atoms with E-state index in [0.29, 0.717) is 55.1 Å². The van der Waals surface area contributed by atoms with Crippen LogP contribution in [0.5, 0.6) is 0 Å². The van der Waals surface area contributed by atoms with Gasteiger partial charge in [0.1, 0.15) is 11.5 Å². The largest absolute Gasteiger partial charge is 0.463 e. The molecule has 4 aromatic heterocycles. The van der Waals surface area contributed by atoms with Crippen LogP contribution in [0.3, 0.4) is 0 Å². The molecule has 0 saturated carbocycles. The molecule has 0 aliphatic carbocycles. The lowest BCUT2D eigenvalue weighted by Crippen LogP contribution is -2.52. The summed E-state index contributed by atoms with van der Waals surface area (Å²) in [5.74, 6) is 0.913. The van der Waals surface area contributed by atoms with Gasteiger partial charge in [0.2, 0.25) is 0 Å². The third-order valence-corrected chi connectivity index (χ3v) is 6.46. The highest BCUT2D eigenvalue weighted by atomic mass is 16.3. The Morgan fingerprint density at radius 1 is 0.923 bits per heavy atom. The van der Waals surface area contributed by atoms with Crippen molar-refractivity contribution in [2.45, 2.75) is 6.92 Å². The highest BCUT2D eigenvalue weighted by Crippen LogP contribution is 2.25. The van der Waals surface area contributed by atoms with Gasteiger partial charge in [-0.15, -0.1) is 10.2 Å². The van der Waals surface area contributed by atoms with Gasteiger partial charge in [0.25, 0.3) is 0 Å². The number of aryl methyl sites for hydroxylation is 1. The summed E-state index contributed by atoms with van der Waals surface area (Å²) in [6, 6.07) is 18.5. The maximum absolute atomic E-state index is 13.1. The summed E-state index contributed by atoms with van der Waals surface area (Å²) in [6.45, 7) is 3.80. The Kier molecular flexibility index (Phi) is 6.33. The van der Waals surface area contributed by atoms with Crippen LogP contribution in [0.15, 0.2) is 83.7 Å². The molecule has 0 unspecified atom stereocenters. The third kappa shape index (κ3) is 4.99. The number of piperazine rings is 1. The van der Waals surface area contributed by atoms with E-state index in [2.05, 4.69) is 25.7 Å². The van der Waals surface area contributed by atoms with E-state index < -0.39 is 11.8 Å². The Labute approximate surface area is 223 Å². The molecule has 5 heterocycles. The number of carbonyl (C=O) groups is 2. The standard InChI is InChI=1S/C27H25N9O3/c1-19-5-7-20(8-6-19)36-25(18-21(32-36)22-4-2-17-39-22)29-26(37)27(38)34-15-13-33(14-16-34)23-9-10-24(31-30-23)35-12-3-11-28-35/h2-12,17-18H,13-16H2,1H3,(H,29,37). The third-order valence-electron chi connectivity index (χ3n) is 6.46. The summed E-state index contributed by atoms with van der Waals surface area (Å²) in [7, 11) is 0. The van der Waals surface area contributed by atoms with E-state index in [9.17, 15) is 9.59 Å². The molecule has 2 amide bonds. The summed E-state index contributed by atoms with van der Waals surface area (Å²) in [4.78, 5) is 29.7. The number of furan rings is 1. The summed E-state index contributed by atoms with van der Waals surface area (Å²) >= 11 is 0. The van der Waals surface area contributed by atoms with E-state index >= 15 is 0 Å². The second-order valence-electron chi connectivity index (χ2n) is 9.07. The van der Waals surface area contributed by atoms with Gasteiger partial charge in [0.15, 0.2) is 17.4 Å². The number of hydrogen-bond donors (Lipinski definition) is 1. The Balaban J connectivity index is 1.13. The first-order valence-electron chi connectivity index (χ1n) is 12.4. The maximum Gasteiger partial charge on any atom is 0.315 e. The molecule has 12 heteroatoms. The molecular weight excluding hydrogens is 498 g/mol. The Bertz CT molecular complexity index is 1570.